The Morgan fingerprint density at radius 3 is 2.17 bits per heavy atom. The SMILES string of the molecule is CCc1ccc(C(=O)NNC(=O)COc2cc(C)cc(C)c2)cc1. The van der Waals surface area contributed by atoms with Gasteiger partial charge in [-0.1, -0.05) is 25.1 Å². The van der Waals surface area contributed by atoms with E-state index in [1.54, 1.807) is 12.1 Å². The van der Waals surface area contributed by atoms with Gasteiger partial charge in [-0.2, -0.15) is 0 Å². The molecule has 0 fully saturated rings. The zero-order valence-electron chi connectivity index (χ0n) is 14.2. The molecule has 0 bridgehead atoms. The smallest absolute Gasteiger partial charge is 0.276 e. The number of aryl methyl sites for hydroxylation is 3. The van der Waals surface area contributed by atoms with E-state index >= 15 is 0 Å². The Labute approximate surface area is 142 Å². The highest BCUT2D eigenvalue weighted by Gasteiger charge is 2.08. The summed E-state index contributed by atoms with van der Waals surface area (Å²) in [6.07, 6.45) is 0.911. The van der Waals surface area contributed by atoms with Crippen molar-refractivity contribution < 1.29 is 14.3 Å². The number of hydrogen-bond acceptors (Lipinski definition) is 3. The van der Waals surface area contributed by atoms with Gasteiger partial charge < -0.3 is 4.74 Å². The zero-order valence-corrected chi connectivity index (χ0v) is 14.2. The van der Waals surface area contributed by atoms with Crippen LogP contribution in [0.3, 0.4) is 0 Å². The summed E-state index contributed by atoms with van der Waals surface area (Å²) in [5.41, 5.74) is 8.49. The lowest BCUT2D eigenvalue weighted by atomic mass is 10.1. The summed E-state index contributed by atoms with van der Waals surface area (Å²) in [5.74, 6) is -0.158. The van der Waals surface area contributed by atoms with Gasteiger partial charge in [-0.3, -0.25) is 20.4 Å². The third-order valence-corrected chi connectivity index (χ3v) is 3.50. The molecule has 5 nitrogen and oxygen atoms in total. The lowest BCUT2D eigenvalue weighted by molar-refractivity contribution is -0.123. The van der Waals surface area contributed by atoms with E-state index < -0.39 is 5.91 Å². The lowest BCUT2D eigenvalue weighted by Crippen LogP contribution is -2.43. The molecule has 126 valence electrons. The first kappa shape index (κ1) is 17.5. The second-order valence-electron chi connectivity index (χ2n) is 5.66. The van der Waals surface area contributed by atoms with Crippen LogP contribution in [0.2, 0.25) is 0 Å². The average molecular weight is 326 g/mol. The summed E-state index contributed by atoms with van der Waals surface area (Å²) >= 11 is 0. The molecule has 2 amide bonds. The number of carbonyl (C=O) groups excluding carboxylic acids is 2. The van der Waals surface area contributed by atoms with Crippen molar-refractivity contribution in [2.75, 3.05) is 6.61 Å². The number of rotatable bonds is 5. The molecule has 2 rings (SSSR count). The standard InChI is InChI=1S/C19H22N2O3/c1-4-15-5-7-16(8-6-15)19(23)21-20-18(22)12-24-17-10-13(2)9-14(3)11-17/h5-11H,4,12H2,1-3H3,(H,20,22)(H,21,23). The van der Waals surface area contributed by atoms with Crippen molar-refractivity contribution in [2.24, 2.45) is 0 Å². The predicted octanol–water partition coefficient (Wildman–Crippen LogP) is 2.71. The number of nitrogens with one attached hydrogen (secondary N) is 2. The highest BCUT2D eigenvalue weighted by atomic mass is 16.5. The Hall–Kier alpha value is -2.82. The lowest BCUT2D eigenvalue weighted by Gasteiger charge is -2.10. The fourth-order valence-electron chi connectivity index (χ4n) is 2.29. The van der Waals surface area contributed by atoms with E-state index in [-0.39, 0.29) is 12.5 Å². The van der Waals surface area contributed by atoms with Gasteiger partial charge in [0.15, 0.2) is 6.61 Å². The monoisotopic (exact) mass is 326 g/mol. The molecule has 0 atom stereocenters. The van der Waals surface area contributed by atoms with Crippen LogP contribution in [0.5, 0.6) is 5.75 Å². The molecule has 0 unspecified atom stereocenters. The van der Waals surface area contributed by atoms with Crippen LogP contribution in [-0.4, -0.2) is 18.4 Å². The van der Waals surface area contributed by atoms with Crippen LogP contribution in [0.25, 0.3) is 0 Å². The van der Waals surface area contributed by atoms with Gasteiger partial charge in [0.2, 0.25) is 0 Å². The van der Waals surface area contributed by atoms with E-state index in [1.165, 1.54) is 0 Å². The summed E-state index contributed by atoms with van der Waals surface area (Å²) in [5, 5.41) is 0. The molecule has 2 N–H and O–H groups in total. The minimum atomic E-state index is -0.423. The molecule has 0 spiro atoms. The molecule has 0 aliphatic carbocycles. The van der Waals surface area contributed by atoms with Crippen molar-refractivity contribution in [3.63, 3.8) is 0 Å². The molecule has 5 heteroatoms. The first-order valence-electron chi connectivity index (χ1n) is 7.87. The molecule has 0 aliphatic rings. The Bertz CT molecular complexity index is 704. The van der Waals surface area contributed by atoms with Crippen molar-refractivity contribution in [3.05, 3.63) is 64.7 Å². The first-order valence-corrected chi connectivity index (χ1v) is 7.87. The molecule has 0 saturated carbocycles. The molecule has 0 radical (unpaired) electrons. The molecular formula is C19H22N2O3. The second-order valence-corrected chi connectivity index (χ2v) is 5.66. The summed E-state index contributed by atoms with van der Waals surface area (Å²) in [6.45, 7) is 5.80. The number of benzene rings is 2. The molecule has 2 aromatic carbocycles. The third kappa shape index (κ3) is 5.12. The number of amides is 2. The van der Waals surface area contributed by atoms with Crippen molar-refractivity contribution in [1.29, 1.82) is 0 Å². The van der Waals surface area contributed by atoms with Crippen molar-refractivity contribution in [1.82, 2.24) is 10.9 Å². The van der Waals surface area contributed by atoms with E-state index in [2.05, 4.69) is 10.9 Å². The molecule has 2 aromatic rings. The van der Waals surface area contributed by atoms with Crippen LogP contribution in [-0.2, 0) is 11.2 Å². The molecular weight excluding hydrogens is 304 g/mol. The average Bonchev–Trinajstić information content (AvgIpc) is 2.57. The van der Waals surface area contributed by atoms with Crippen LogP contribution in [0, 0.1) is 13.8 Å². The van der Waals surface area contributed by atoms with Gasteiger partial charge >= 0.3 is 0 Å². The third-order valence-electron chi connectivity index (χ3n) is 3.50. The van der Waals surface area contributed by atoms with E-state index in [0.717, 1.165) is 23.1 Å². The minimum absolute atomic E-state index is 0.169. The molecule has 24 heavy (non-hydrogen) atoms. The van der Waals surface area contributed by atoms with Crippen LogP contribution < -0.4 is 15.6 Å². The van der Waals surface area contributed by atoms with Gasteiger partial charge in [-0.25, -0.2) is 0 Å². The van der Waals surface area contributed by atoms with E-state index in [0.29, 0.717) is 11.3 Å². The van der Waals surface area contributed by atoms with Crippen molar-refractivity contribution in [2.45, 2.75) is 27.2 Å². The minimum Gasteiger partial charge on any atom is -0.484 e. The van der Waals surface area contributed by atoms with Crippen LogP contribution >= 0.6 is 0 Å². The summed E-state index contributed by atoms with van der Waals surface area (Å²) in [4.78, 5) is 23.7. The zero-order chi connectivity index (χ0) is 17.5. The highest BCUT2D eigenvalue weighted by molar-refractivity contribution is 5.95. The number of ether oxygens (including phenoxy) is 1. The number of hydrazine groups is 1. The van der Waals surface area contributed by atoms with E-state index in [9.17, 15) is 9.59 Å². The van der Waals surface area contributed by atoms with Gasteiger partial charge in [0.05, 0.1) is 0 Å². The van der Waals surface area contributed by atoms with Gasteiger partial charge in [-0.05, 0) is 61.2 Å². The quantitative estimate of drug-likeness (QED) is 0.830. The topological polar surface area (TPSA) is 67.4 Å². The molecule has 0 aliphatic heterocycles. The Morgan fingerprint density at radius 2 is 1.58 bits per heavy atom. The largest absolute Gasteiger partial charge is 0.484 e. The van der Waals surface area contributed by atoms with E-state index in [4.69, 9.17) is 4.74 Å². The maximum atomic E-state index is 11.9. The first-order chi connectivity index (χ1) is 11.5. The van der Waals surface area contributed by atoms with Gasteiger partial charge in [0.25, 0.3) is 11.8 Å². The molecule has 0 aromatic heterocycles. The summed E-state index contributed by atoms with van der Waals surface area (Å²) in [6, 6.07) is 13.0. The fraction of sp³-hybridized carbons (Fsp3) is 0.263. The van der Waals surface area contributed by atoms with Gasteiger partial charge in [0.1, 0.15) is 5.75 Å². The molecule has 0 heterocycles. The summed E-state index contributed by atoms with van der Waals surface area (Å²) in [7, 11) is 0. The van der Waals surface area contributed by atoms with Crippen LogP contribution in [0.4, 0.5) is 0 Å². The summed E-state index contributed by atoms with van der Waals surface area (Å²) < 4.78 is 5.43. The fourth-order valence-corrected chi connectivity index (χ4v) is 2.29. The normalized spacial score (nSPS) is 10.1. The highest BCUT2D eigenvalue weighted by Crippen LogP contribution is 2.15. The Balaban J connectivity index is 1.80. The van der Waals surface area contributed by atoms with Crippen molar-refractivity contribution in [3.8, 4) is 5.75 Å². The number of carbonyl (C=O) groups is 2. The number of hydrogen-bond donors (Lipinski definition) is 2. The predicted molar refractivity (Wildman–Crippen MR) is 92.8 cm³/mol. The molecule has 0 saturated heterocycles. The van der Waals surface area contributed by atoms with E-state index in [1.807, 2.05) is 51.1 Å². The maximum Gasteiger partial charge on any atom is 0.276 e. The Morgan fingerprint density at radius 1 is 0.958 bits per heavy atom. The Kier molecular flexibility index (Phi) is 5.95. The van der Waals surface area contributed by atoms with Crippen LogP contribution in [0.1, 0.15) is 34.0 Å². The van der Waals surface area contributed by atoms with Crippen LogP contribution in [0.15, 0.2) is 42.5 Å². The van der Waals surface area contributed by atoms with Gasteiger partial charge in [-0.15, -0.1) is 0 Å². The van der Waals surface area contributed by atoms with Crippen molar-refractivity contribution >= 4 is 11.8 Å². The van der Waals surface area contributed by atoms with Gasteiger partial charge in [0, 0.05) is 5.56 Å². The maximum absolute atomic E-state index is 11.9. The second kappa shape index (κ2) is 8.15.